The molecule has 0 fully saturated rings. The van der Waals surface area contributed by atoms with Crippen LogP contribution >= 0.6 is 7.82 Å². The van der Waals surface area contributed by atoms with Crippen LogP contribution in [-0.4, -0.2) is 73.4 Å². The number of hydrogen-bond donors (Lipinski definition) is 3. The maximum atomic E-state index is 13.0. The molecule has 80 heavy (non-hydrogen) atoms. The number of aliphatic hydroxyl groups excluding tert-OH is 1. The molecule has 0 radical (unpaired) electrons. The Morgan fingerprint density at radius 2 is 0.688 bits per heavy atom. The molecule has 1 amide bonds. The van der Waals surface area contributed by atoms with Gasteiger partial charge in [-0.3, -0.25) is 13.8 Å². The van der Waals surface area contributed by atoms with Crippen molar-refractivity contribution >= 4 is 13.7 Å². The van der Waals surface area contributed by atoms with E-state index in [1.54, 1.807) is 6.08 Å². The maximum Gasteiger partial charge on any atom is 0.472 e. The summed E-state index contributed by atoms with van der Waals surface area (Å²) in [6, 6.07) is -0.869. The van der Waals surface area contributed by atoms with Crippen molar-refractivity contribution in [1.82, 2.24) is 5.32 Å². The minimum atomic E-state index is -4.36. The van der Waals surface area contributed by atoms with Gasteiger partial charge in [-0.05, 0) is 44.9 Å². The van der Waals surface area contributed by atoms with E-state index < -0.39 is 20.0 Å². The quantitative estimate of drug-likeness (QED) is 0.0243. The summed E-state index contributed by atoms with van der Waals surface area (Å²) in [5, 5.41) is 14.0. The van der Waals surface area contributed by atoms with Crippen molar-refractivity contribution in [2.75, 3.05) is 40.9 Å². The predicted octanol–water partition coefficient (Wildman–Crippen LogP) is 22.4. The van der Waals surface area contributed by atoms with E-state index in [4.69, 9.17) is 9.05 Å². The second-order valence-electron chi connectivity index (χ2n) is 25.6. The predicted molar refractivity (Wildman–Crippen MR) is 351 cm³/mol. The van der Waals surface area contributed by atoms with Crippen LogP contribution in [0.1, 0.15) is 361 Å². The van der Waals surface area contributed by atoms with Crippen LogP contribution in [0, 0.1) is 0 Å². The Balaban J connectivity index is 4.10. The first-order valence-corrected chi connectivity index (χ1v) is 36.9. The van der Waals surface area contributed by atoms with Crippen molar-refractivity contribution in [3.8, 4) is 0 Å². The monoisotopic (exact) mass is 1150 g/mol. The topological polar surface area (TPSA) is 105 Å². The van der Waals surface area contributed by atoms with Gasteiger partial charge in [-0.15, -0.1) is 0 Å². The second kappa shape index (κ2) is 62.3. The lowest BCUT2D eigenvalue weighted by Crippen LogP contribution is -2.45. The number of amides is 1. The highest BCUT2D eigenvalue weighted by atomic mass is 31.2. The first kappa shape index (κ1) is 78.7. The third-order valence-electron chi connectivity index (χ3n) is 16.3. The van der Waals surface area contributed by atoms with Crippen molar-refractivity contribution < 1.29 is 32.9 Å². The van der Waals surface area contributed by atoms with Crippen LogP contribution in [0.5, 0.6) is 0 Å². The van der Waals surface area contributed by atoms with Gasteiger partial charge in [0, 0.05) is 6.42 Å². The normalized spacial score (nSPS) is 13.8. The summed E-state index contributed by atoms with van der Waals surface area (Å²) in [5.41, 5.74) is 0. The lowest BCUT2D eigenvalue weighted by Gasteiger charge is -2.25. The Morgan fingerprint density at radius 1 is 0.412 bits per heavy atom. The zero-order valence-corrected chi connectivity index (χ0v) is 55.2. The molecule has 0 bridgehead atoms. The number of phosphoric acid groups is 1. The first-order valence-electron chi connectivity index (χ1n) is 35.4. The van der Waals surface area contributed by atoms with Gasteiger partial charge in [0.15, 0.2) is 0 Å². The van der Waals surface area contributed by atoms with Gasteiger partial charge >= 0.3 is 7.82 Å². The number of carbonyl (C=O) groups is 1. The largest absolute Gasteiger partial charge is 0.472 e. The zero-order chi connectivity index (χ0) is 58.4. The van der Waals surface area contributed by atoms with Crippen LogP contribution in [-0.2, 0) is 18.4 Å². The third kappa shape index (κ3) is 64.3. The zero-order valence-electron chi connectivity index (χ0n) is 54.3. The summed E-state index contributed by atoms with van der Waals surface area (Å²) in [7, 11) is 1.56. The molecule has 0 aromatic heterocycles. The van der Waals surface area contributed by atoms with E-state index >= 15 is 0 Å². The number of nitrogens with zero attached hydrogens (tertiary/aromatic N) is 1. The molecule has 474 valence electrons. The number of nitrogens with one attached hydrogen (secondary N) is 1. The molecular formula is C71H140N2O6P+. The summed E-state index contributed by atoms with van der Waals surface area (Å²) >= 11 is 0. The molecule has 0 rings (SSSR count). The van der Waals surface area contributed by atoms with Gasteiger partial charge in [0.2, 0.25) is 5.91 Å². The SMILES string of the molecule is CCCCCCCCCCCCCCCCCCCCCCC/C=C/CC/C=C/CC/C=C/C(O)C(COP(=O)(O)OCC[N+](C)(C)C)NC(=O)CCCCCCCCCCCCCCCCCCCCCCCCCCCCC. The molecule has 0 saturated carbocycles. The molecular weight excluding hydrogens is 1010 g/mol. The van der Waals surface area contributed by atoms with Gasteiger partial charge in [0.05, 0.1) is 39.9 Å². The minimum absolute atomic E-state index is 0.0554. The summed E-state index contributed by atoms with van der Waals surface area (Å²) in [4.78, 5) is 23.4. The highest BCUT2D eigenvalue weighted by Crippen LogP contribution is 2.43. The van der Waals surface area contributed by atoms with Crippen LogP contribution in [0.4, 0.5) is 0 Å². The lowest BCUT2D eigenvalue weighted by molar-refractivity contribution is -0.870. The highest BCUT2D eigenvalue weighted by Gasteiger charge is 2.28. The standard InChI is InChI=1S/C71H139N2O6P/c1-6-8-10-12-14-16-18-20-22-24-26-28-30-32-34-35-36-37-39-40-42-44-46-48-50-52-54-56-58-60-62-64-70(74)69(68-79-80(76,77)78-67-66-73(3,4)5)72-71(75)65-63-61-59-57-55-53-51-49-47-45-43-41-38-33-31-29-27-25-23-21-19-17-15-13-11-9-7-2/h46,48,54,56,62,64,69-70,74H,6-45,47,49-53,55,57-61,63,65-68H2,1-5H3,(H-,72,75,76,77)/p+1/b48-46+,56-54+,64-62+. The van der Waals surface area contributed by atoms with E-state index in [2.05, 4.69) is 43.5 Å². The molecule has 3 atom stereocenters. The van der Waals surface area contributed by atoms with Crippen LogP contribution in [0.15, 0.2) is 36.5 Å². The Morgan fingerprint density at radius 3 is 1.00 bits per heavy atom. The number of likely N-dealkylation sites (N-methyl/N-ethyl adjacent to an activating group) is 1. The van der Waals surface area contributed by atoms with Gasteiger partial charge in [0.25, 0.3) is 0 Å². The van der Waals surface area contributed by atoms with Gasteiger partial charge in [-0.25, -0.2) is 4.57 Å². The molecule has 3 N–H and O–H groups in total. The molecule has 0 aromatic rings. The van der Waals surface area contributed by atoms with Crippen LogP contribution in [0.2, 0.25) is 0 Å². The van der Waals surface area contributed by atoms with Crippen LogP contribution < -0.4 is 5.32 Å². The second-order valence-corrected chi connectivity index (χ2v) is 27.1. The molecule has 0 aromatic carbocycles. The van der Waals surface area contributed by atoms with E-state index in [1.165, 1.54) is 295 Å². The van der Waals surface area contributed by atoms with E-state index in [-0.39, 0.29) is 19.1 Å². The average Bonchev–Trinajstić information content (AvgIpc) is 3.42. The van der Waals surface area contributed by atoms with Gasteiger partial charge in [-0.1, -0.05) is 346 Å². The summed E-state index contributed by atoms with van der Waals surface area (Å²) in [6.07, 6.45) is 83.1. The van der Waals surface area contributed by atoms with Crippen molar-refractivity contribution in [2.24, 2.45) is 0 Å². The number of phosphoric ester groups is 1. The first-order chi connectivity index (χ1) is 39.0. The van der Waals surface area contributed by atoms with E-state index in [1.807, 2.05) is 27.2 Å². The van der Waals surface area contributed by atoms with Gasteiger partial charge < -0.3 is 19.8 Å². The lowest BCUT2D eigenvalue weighted by atomic mass is 10.0. The number of allylic oxidation sites excluding steroid dienone is 5. The van der Waals surface area contributed by atoms with Gasteiger partial charge in [0.1, 0.15) is 13.2 Å². The molecule has 0 aliphatic rings. The number of unbranched alkanes of at least 4 members (excludes halogenated alkanes) is 49. The fourth-order valence-corrected chi connectivity index (χ4v) is 11.6. The molecule has 0 saturated heterocycles. The van der Waals surface area contributed by atoms with E-state index in [0.717, 1.165) is 44.9 Å². The van der Waals surface area contributed by atoms with Crippen molar-refractivity contribution in [3.05, 3.63) is 36.5 Å². The smallest absolute Gasteiger partial charge is 0.387 e. The van der Waals surface area contributed by atoms with Crippen LogP contribution in [0.3, 0.4) is 0 Å². The maximum absolute atomic E-state index is 13.0. The number of carbonyl (C=O) groups excluding carboxylic acids is 1. The molecule has 0 aliphatic heterocycles. The molecule has 9 heteroatoms. The third-order valence-corrected chi connectivity index (χ3v) is 17.3. The number of aliphatic hydroxyl groups is 1. The fraction of sp³-hybridized carbons (Fsp3) is 0.901. The number of hydrogen-bond acceptors (Lipinski definition) is 5. The summed E-state index contributed by atoms with van der Waals surface area (Å²) < 4.78 is 23.8. The fourth-order valence-electron chi connectivity index (χ4n) is 10.8. The van der Waals surface area contributed by atoms with E-state index in [9.17, 15) is 19.4 Å². The van der Waals surface area contributed by atoms with Crippen LogP contribution in [0.25, 0.3) is 0 Å². The van der Waals surface area contributed by atoms with Crippen molar-refractivity contribution in [3.63, 3.8) is 0 Å². The Bertz CT molecular complexity index is 1400. The molecule has 0 aliphatic carbocycles. The Kier molecular flexibility index (Phi) is 61.3. The highest BCUT2D eigenvalue weighted by molar-refractivity contribution is 7.47. The van der Waals surface area contributed by atoms with Crippen molar-refractivity contribution in [1.29, 1.82) is 0 Å². The summed E-state index contributed by atoms with van der Waals surface area (Å²) in [5.74, 6) is -0.183. The Labute approximate surface area is 499 Å². The van der Waals surface area contributed by atoms with Gasteiger partial charge in [-0.2, -0.15) is 0 Å². The molecule has 8 nitrogen and oxygen atoms in total. The van der Waals surface area contributed by atoms with E-state index in [0.29, 0.717) is 17.4 Å². The minimum Gasteiger partial charge on any atom is -0.387 e. The number of quaternary nitrogens is 1. The Hall–Kier alpha value is -1.28. The summed E-state index contributed by atoms with van der Waals surface area (Å²) in [6.45, 7) is 4.85. The van der Waals surface area contributed by atoms with Crippen molar-refractivity contribution in [2.45, 2.75) is 373 Å². The molecule has 0 heterocycles. The molecule has 3 unspecified atom stereocenters. The molecule has 0 spiro atoms. The number of rotatable bonds is 66. The average molecular weight is 1150 g/mol.